The van der Waals surface area contributed by atoms with Gasteiger partial charge in [-0.25, -0.2) is 12.8 Å². The van der Waals surface area contributed by atoms with Crippen LogP contribution in [0.25, 0.3) is 5.69 Å². The molecule has 0 fully saturated rings. The van der Waals surface area contributed by atoms with E-state index in [4.69, 9.17) is 16.1 Å². The van der Waals surface area contributed by atoms with E-state index in [2.05, 4.69) is 14.8 Å². The van der Waals surface area contributed by atoms with Crippen molar-refractivity contribution < 1.29 is 17.7 Å². The second kappa shape index (κ2) is 6.21. The minimum Gasteiger partial charge on any atom is -0.360 e. The van der Waals surface area contributed by atoms with E-state index in [0.717, 1.165) is 15.9 Å². The summed E-state index contributed by atoms with van der Waals surface area (Å²) in [5.41, 5.74) is 1.86. The molecule has 3 aromatic rings. The maximum atomic E-state index is 12.2. The molecule has 124 valence electrons. The number of aromatic nitrogens is 3. The highest BCUT2D eigenvalue weighted by atomic mass is 35.5. The Morgan fingerprint density at radius 1 is 1.17 bits per heavy atom. The highest BCUT2D eigenvalue weighted by Gasteiger charge is 2.15. The number of sulfonamides is 1. The van der Waals surface area contributed by atoms with Crippen molar-refractivity contribution in [1.82, 2.24) is 10.4 Å². The summed E-state index contributed by atoms with van der Waals surface area (Å²) < 4.78 is 32.9. The predicted molar refractivity (Wildman–Crippen MR) is 85.0 cm³/mol. The smallest absolute Gasteiger partial charge is 0.261 e. The summed E-state index contributed by atoms with van der Waals surface area (Å²) >= 11 is 6.19. The van der Waals surface area contributed by atoms with Gasteiger partial charge in [-0.3, -0.25) is 0 Å². The van der Waals surface area contributed by atoms with Crippen LogP contribution in [0.5, 0.6) is 0 Å². The molecule has 0 atom stereocenters. The zero-order valence-corrected chi connectivity index (χ0v) is 14.4. The Bertz CT molecular complexity index is 1050. The number of hydrogen-bond donors (Lipinski definition) is 0. The normalized spacial score (nSPS) is 12.5. The van der Waals surface area contributed by atoms with Crippen LogP contribution in [-0.2, 0) is 10.0 Å². The van der Waals surface area contributed by atoms with Gasteiger partial charge in [0.05, 0.1) is 10.2 Å². The molecule has 0 spiro atoms. The summed E-state index contributed by atoms with van der Waals surface area (Å²) in [7, 11) is -3.93. The van der Waals surface area contributed by atoms with E-state index >= 15 is 0 Å². The highest BCUT2D eigenvalue weighted by Crippen LogP contribution is 2.19. The Morgan fingerprint density at radius 3 is 2.58 bits per heavy atom. The monoisotopic (exact) mass is 364 g/mol. The molecule has 0 aliphatic carbocycles. The minimum absolute atomic E-state index is 0.0476. The van der Waals surface area contributed by atoms with Crippen LogP contribution in [0.3, 0.4) is 0 Å². The van der Waals surface area contributed by atoms with E-state index in [-0.39, 0.29) is 10.6 Å². The average molecular weight is 365 g/mol. The molecule has 1 aromatic heterocycles. The zero-order chi connectivity index (χ0) is 17.3. The molecule has 0 N–H and O–H groups in total. The fraction of sp³-hybridized carbons (Fsp3) is 0.133. The van der Waals surface area contributed by atoms with Gasteiger partial charge in [-0.05, 0) is 36.3 Å². The predicted octanol–water partition coefficient (Wildman–Crippen LogP) is 1.47. The van der Waals surface area contributed by atoms with Crippen LogP contribution in [0.2, 0.25) is 5.02 Å². The number of hydrogen-bond acceptors (Lipinski definition) is 4. The molecule has 0 unspecified atom stereocenters. The van der Waals surface area contributed by atoms with Crippen molar-refractivity contribution in [1.29, 1.82) is 0 Å². The van der Waals surface area contributed by atoms with Gasteiger partial charge in [0.25, 0.3) is 11.4 Å². The summed E-state index contributed by atoms with van der Waals surface area (Å²) in [6.45, 7) is 3.69. The van der Waals surface area contributed by atoms with Crippen molar-refractivity contribution in [2.45, 2.75) is 18.7 Å². The molecule has 7 nitrogen and oxygen atoms in total. The number of aryl methyl sites for hydroxylation is 2. The Morgan fingerprint density at radius 2 is 1.88 bits per heavy atom. The third-order valence-electron chi connectivity index (χ3n) is 3.28. The van der Waals surface area contributed by atoms with Crippen molar-refractivity contribution >= 4 is 21.6 Å². The van der Waals surface area contributed by atoms with Crippen LogP contribution < -0.4 is 15.6 Å². The van der Waals surface area contributed by atoms with Gasteiger partial charge < -0.3 is 4.52 Å². The molecule has 0 aliphatic rings. The van der Waals surface area contributed by atoms with E-state index < -0.39 is 10.0 Å². The Labute approximate surface area is 143 Å². The first kappa shape index (κ1) is 16.4. The molecule has 24 heavy (non-hydrogen) atoms. The minimum atomic E-state index is -3.93. The Balaban J connectivity index is 2.02. The molecular formula is C15H13ClN4O3S. The van der Waals surface area contributed by atoms with Crippen molar-refractivity contribution in [3.05, 3.63) is 64.3 Å². The van der Waals surface area contributed by atoms with E-state index in [9.17, 15) is 8.42 Å². The Kier molecular flexibility index (Phi) is 4.25. The number of benzene rings is 2. The maximum absolute atomic E-state index is 12.2. The van der Waals surface area contributed by atoms with Gasteiger partial charge in [0, 0.05) is 6.07 Å². The molecule has 9 heteroatoms. The topological polar surface area (TPSA) is 90.5 Å². The molecule has 0 aliphatic heterocycles. The van der Waals surface area contributed by atoms with E-state index in [1.807, 2.05) is 19.9 Å². The lowest BCUT2D eigenvalue weighted by Gasteiger charge is -2.00. The number of halogens is 1. The molecule has 0 saturated carbocycles. The van der Waals surface area contributed by atoms with Crippen LogP contribution in [0, 0.1) is 13.8 Å². The van der Waals surface area contributed by atoms with E-state index in [1.54, 1.807) is 24.3 Å². The van der Waals surface area contributed by atoms with Gasteiger partial charge >= 0.3 is 0 Å². The molecule has 0 saturated heterocycles. The summed E-state index contributed by atoms with van der Waals surface area (Å²) in [4.78, 5) is 1.14. The Hall–Kier alpha value is -2.45. The largest absolute Gasteiger partial charge is 0.360 e. The maximum Gasteiger partial charge on any atom is 0.261 e. The van der Waals surface area contributed by atoms with Crippen LogP contribution >= 0.6 is 11.6 Å². The van der Waals surface area contributed by atoms with E-state index in [1.165, 1.54) is 12.1 Å². The quantitative estimate of drug-likeness (QED) is 0.656. The van der Waals surface area contributed by atoms with Gasteiger partial charge in [-0.1, -0.05) is 46.5 Å². The lowest BCUT2D eigenvalue weighted by Crippen LogP contribution is -2.40. The summed E-state index contributed by atoms with van der Waals surface area (Å²) in [5.74, 6) is 0. The molecule has 2 aromatic carbocycles. The highest BCUT2D eigenvalue weighted by molar-refractivity contribution is 7.90. The van der Waals surface area contributed by atoms with E-state index in [0.29, 0.717) is 10.7 Å². The first-order valence-electron chi connectivity index (χ1n) is 6.93. The lowest BCUT2D eigenvalue weighted by atomic mass is 10.2. The molecule has 0 bridgehead atoms. The van der Waals surface area contributed by atoms with Crippen LogP contribution in [0.4, 0.5) is 0 Å². The number of nitrogens with zero attached hydrogens (tertiary/aromatic N) is 4. The molecule has 1 heterocycles. The van der Waals surface area contributed by atoms with Gasteiger partial charge in [0.15, 0.2) is 0 Å². The second-order valence-corrected chi connectivity index (χ2v) is 7.11. The summed E-state index contributed by atoms with van der Waals surface area (Å²) in [6.07, 6.45) is 0. The van der Waals surface area contributed by atoms with Gasteiger partial charge in [-0.15, -0.1) is 0 Å². The summed E-state index contributed by atoms with van der Waals surface area (Å²) in [5, 5.41) is 8.03. The van der Waals surface area contributed by atoms with Crippen molar-refractivity contribution in [2.24, 2.45) is 4.40 Å². The van der Waals surface area contributed by atoms with Crippen LogP contribution in [-0.4, -0.2) is 13.7 Å². The SMILES string of the molecule is Cc1ccc(S(=O)(=O)/N=c2/[n-][n+](-c3cccc(C)c3Cl)no2)cc1. The van der Waals surface area contributed by atoms with Gasteiger partial charge in [0.1, 0.15) is 5.02 Å². The average Bonchev–Trinajstić information content (AvgIpc) is 2.98. The zero-order valence-electron chi connectivity index (χ0n) is 12.8. The number of rotatable bonds is 3. The fourth-order valence-corrected chi connectivity index (χ4v) is 3.04. The first-order chi connectivity index (χ1) is 11.4. The lowest BCUT2D eigenvalue weighted by molar-refractivity contribution is -0.729. The molecular weight excluding hydrogens is 352 g/mol. The van der Waals surface area contributed by atoms with Crippen molar-refractivity contribution in [3.63, 3.8) is 0 Å². The summed E-state index contributed by atoms with van der Waals surface area (Å²) in [6, 6.07) is 11.6. The fourth-order valence-electron chi connectivity index (χ4n) is 1.98. The van der Waals surface area contributed by atoms with Crippen molar-refractivity contribution in [2.75, 3.05) is 0 Å². The molecule has 0 radical (unpaired) electrons. The third kappa shape index (κ3) is 3.24. The van der Waals surface area contributed by atoms with Gasteiger partial charge in [0.2, 0.25) is 10.0 Å². The van der Waals surface area contributed by atoms with Crippen LogP contribution in [0.15, 0.2) is 56.3 Å². The first-order valence-corrected chi connectivity index (χ1v) is 8.75. The standard InChI is InChI=1S/C15H13ClN4O3S/c1-10-6-8-12(9-7-10)24(21,22)18-15-17-20(19-23-15)13-5-3-4-11(2)14(13)16/h3-9H,1-2H3/b18-15-. The van der Waals surface area contributed by atoms with Crippen molar-refractivity contribution in [3.8, 4) is 5.69 Å². The van der Waals surface area contributed by atoms with Crippen LogP contribution in [0.1, 0.15) is 11.1 Å². The molecule has 3 rings (SSSR count). The third-order valence-corrected chi connectivity index (χ3v) is 5.04. The molecule has 0 amide bonds. The second-order valence-electron chi connectivity index (χ2n) is 5.13. The van der Waals surface area contributed by atoms with Gasteiger partial charge in [-0.2, -0.15) is 0 Å².